The third-order valence-corrected chi connectivity index (χ3v) is 5.37. The summed E-state index contributed by atoms with van der Waals surface area (Å²) in [5, 5.41) is 0.202. The van der Waals surface area contributed by atoms with Crippen molar-refractivity contribution in [1.82, 2.24) is 9.97 Å². The van der Waals surface area contributed by atoms with Crippen LogP contribution < -0.4 is 9.64 Å². The molecule has 0 bridgehead atoms. The molecule has 150 valence electrons. The van der Waals surface area contributed by atoms with E-state index in [4.69, 9.17) is 11.6 Å². The number of aromatic nitrogens is 2. The van der Waals surface area contributed by atoms with Crippen LogP contribution in [0.5, 0.6) is 5.75 Å². The van der Waals surface area contributed by atoms with Crippen molar-refractivity contribution in [3.05, 3.63) is 48.0 Å². The van der Waals surface area contributed by atoms with Crippen molar-refractivity contribution in [2.45, 2.75) is 22.6 Å². The molecule has 3 rings (SSSR count). The topological polar surface area (TPSA) is 58.2 Å². The lowest BCUT2D eigenvalue weighted by atomic mass is 10.2. The van der Waals surface area contributed by atoms with Crippen LogP contribution in [-0.4, -0.2) is 40.0 Å². The molecule has 28 heavy (non-hydrogen) atoms. The number of para-hydroxylation sites is 1. The Labute approximate surface area is 166 Å². The molecule has 10 heteroatoms. The second-order valence-corrected chi connectivity index (χ2v) is 7.95. The van der Waals surface area contributed by atoms with Gasteiger partial charge in [-0.2, -0.15) is 8.78 Å². The van der Waals surface area contributed by atoms with E-state index >= 15 is 0 Å². The van der Waals surface area contributed by atoms with Gasteiger partial charge in [0.05, 0.1) is 27.6 Å². The largest absolute Gasteiger partial charge is 0.444 e. The maximum atomic E-state index is 13.3. The fraction of sp³-hybridized carbons (Fsp3) is 0.278. The molecule has 0 fully saturated rings. The first kappa shape index (κ1) is 20.5. The third-order valence-electron chi connectivity index (χ3n) is 3.92. The summed E-state index contributed by atoms with van der Waals surface area (Å²) in [4.78, 5) is 9.01. The molecule has 3 aromatic rings. The number of nitrogens with zero attached hydrogens (tertiary/aromatic N) is 2. The van der Waals surface area contributed by atoms with Crippen LogP contribution in [-0.2, 0) is 16.6 Å². The predicted octanol–water partition coefficient (Wildman–Crippen LogP) is 4.44. The smallest absolute Gasteiger partial charge is 0.429 e. The molecule has 0 radical (unpaired) electrons. The van der Waals surface area contributed by atoms with Gasteiger partial charge in [-0.3, -0.25) is 4.21 Å². The first-order chi connectivity index (χ1) is 13.2. The summed E-state index contributed by atoms with van der Waals surface area (Å²) in [7, 11) is 2.29. The Kier molecular flexibility index (Phi) is 5.85. The average Bonchev–Trinajstić information content (AvgIpc) is 3.05. The van der Waals surface area contributed by atoms with Gasteiger partial charge in [0.1, 0.15) is 5.75 Å². The molecule has 1 N–H and O–H groups in total. The Morgan fingerprint density at radius 1 is 1.29 bits per heavy atom. The summed E-state index contributed by atoms with van der Waals surface area (Å²) in [6.07, 6.45) is -4.17. The molecular formula is C18H17ClF3N3O2S. The molecule has 0 aliphatic heterocycles. The monoisotopic (exact) mass is 431 g/mol. The van der Waals surface area contributed by atoms with Crippen LogP contribution in [0.4, 0.5) is 18.9 Å². The number of benzene rings is 2. The van der Waals surface area contributed by atoms with Gasteiger partial charge in [-0.25, -0.2) is 9.37 Å². The van der Waals surface area contributed by atoms with Crippen LogP contribution in [0.1, 0.15) is 5.56 Å². The van der Waals surface area contributed by atoms with Crippen LogP contribution in [0.2, 0.25) is 0 Å². The van der Waals surface area contributed by atoms with E-state index in [1.165, 1.54) is 18.2 Å². The molecule has 0 saturated heterocycles. The number of anilines is 1. The van der Waals surface area contributed by atoms with E-state index in [1.807, 2.05) is 43.3 Å². The van der Waals surface area contributed by atoms with E-state index in [0.717, 1.165) is 11.3 Å². The molecule has 0 spiro atoms. The van der Waals surface area contributed by atoms with Crippen molar-refractivity contribution in [1.29, 1.82) is 0 Å². The maximum Gasteiger partial charge on any atom is 0.444 e. The molecular weight excluding hydrogens is 415 g/mol. The number of ether oxygens (including phenoxy) is 1. The van der Waals surface area contributed by atoms with Crippen LogP contribution in [0, 0.1) is 0 Å². The fourth-order valence-corrected chi connectivity index (χ4v) is 3.75. The number of H-pyrrole nitrogens is 1. The van der Waals surface area contributed by atoms with Gasteiger partial charge in [-0.1, -0.05) is 29.8 Å². The normalized spacial score (nSPS) is 14.1. The molecule has 1 heterocycles. The van der Waals surface area contributed by atoms with Crippen LogP contribution in [0.25, 0.3) is 11.0 Å². The molecule has 0 saturated carbocycles. The van der Waals surface area contributed by atoms with Gasteiger partial charge in [0, 0.05) is 25.8 Å². The Balaban J connectivity index is 1.84. The van der Waals surface area contributed by atoms with Crippen molar-refractivity contribution in [3.8, 4) is 5.75 Å². The fourth-order valence-electron chi connectivity index (χ4n) is 2.62. The lowest BCUT2D eigenvalue weighted by Gasteiger charge is -2.17. The first-order valence-electron chi connectivity index (χ1n) is 8.15. The number of aromatic amines is 1. The van der Waals surface area contributed by atoms with Crippen molar-refractivity contribution in [3.63, 3.8) is 0 Å². The second kappa shape index (κ2) is 8.00. The minimum atomic E-state index is -4.17. The van der Waals surface area contributed by atoms with E-state index in [-0.39, 0.29) is 16.7 Å². The summed E-state index contributed by atoms with van der Waals surface area (Å²) in [6, 6.07) is 11.4. The lowest BCUT2D eigenvalue weighted by Crippen LogP contribution is -2.32. The average molecular weight is 432 g/mol. The summed E-state index contributed by atoms with van der Waals surface area (Å²) in [5.41, 5.74) is -0.410. The van der Waals surface area contributed by atoms with Gasteiger partial charge in [0.25, 0.3) is 5.63 Å². The van der Waals surface area contributed by atoms with Crippen LogP contribution >= 0.6 is 11.6 Å². The number of rotatable bonds is 7. The van der Waals surface area contributed by atoms with Gasteiger partial charge < -0.3 is 14.6 Å². The zero-order chi connectivity index (χ0) is 20.5. The van der Waals surface area contributed by atoms with Crippen LogP contribution in [0.15, 0.2) is 47.6 Å². The summed E-state index contributed by atoms with van der Waals surface area (Å²) >= 11 is 4.79. The number of imidazole rings is 1. The molecule has 2 atom stereocenters. The maximum absolute atomic E-state index is 13.3. The van der Waals surface area contributed by atoms with E-state index in [0.29, 0.717) is 11.0 Å². The van der Waals surface area contributed by atoms with Gasteiger partial charge in [0.15, 0.2) is 5.16 Å². The standard InChI is InChI=1S/C18H17ClF3N3O2S/c1-25(2)15-6-4-3-5-11(15)10-28(26)17-23-13-8-7-12(9-14(13)24-17)27-18(21,22)16(19)20/h3-9,16H,10H2,1-2H3,(H,23,24). The minimum absolute atomic E-state index is 0.202. The highest BCUT2D eigenvalue weighted by Gasteiger charge is 2.42. The van der Waals surface area contributed by atoms with E-state index < -0.39 is 22.5 Å². The third kappa shape index (κ3) is 4.41. The first-order valence-corrected chi connectivity index (χ1v) is 9.91. The molecule has 2 unspecified atom stereocenters. The predicted molar refractivity (Wildman–Crippen MR) is 103 cm³/mol. The van der Waals surface area contributed by atoms with Crippen molar-refractivity contribution in [2.24, 2.45) is 0 Å². The quantitative estimate of drug-likeness (QED) is 0.562. The lowest BCUT2D eigenvalue weighted by molar-refractivity contribution is -0.198. The van der Waals surface area contributed by atoms with Crippen molar-refractivity contribution in [2.75, 3.05) is 19.0 Å². The number of halogens is 4. The summed E-state index contributed by atoms with van der Waals surface area (Å²) < 4.78 is 56.4. The highest BCUT2D eigenvalue weighted by Crippen LogP contribution is 2.30. The summed E-state index contributed by atoms with van der Waals surface area (Å²) in [6.45, 7) is 0. The number of hydrogen-bond acceptors (Lipinski definition) is 4. The molecule has 2 aromatic carbocycles. The number of fused-ring (bicyclic) bond motifs is 1. The molecule has 5 nitrogen and oxygen atoms in total. The zero-order valence-corrected chi connectivity index (χ0v) is 16.5. The highest BCUT2D eigenvalue weighted by atomic mass is 35.5. The Hall–Kier alpha value is -2.26. The second-order valence-electron chi connectivity index (χ2n) is 6.20. The van der Waals surface area contributed by atoms with Gasteiger partial charge in [-0.05, 0) is 23.8 Å². The Morgan fingerprint density at radius 3 is 2.68 bits per heavy atom. The van der Waals surface area contributed by atoms with Gasteiger partial charge >= 0.3 is 6.11 Å². The Morgan fingerprint density at radius 2 is 2.00 bits per heavy atom. The van der Waals surface area contributed by atoms with Crippen molar-refractivity contribution < 1.29 is 22.1 Å². The number of hydrogen-bond donors (Lipinski definition) is 1. The molecule has 0 aliphatic carbocycles. The SMILES string of the molecule is CN(C)c1ccccc1CS(=O)c1nc2ccc(OC(F)(F)C(F)Cl)cc2[nH]1. The van der Waals surface area contributed by atoms with Crippen molar-refractivity contribution >= 4 is 39.1 Å². The number of alkyl halides is 4. The van der Waals surface area contributed by atoms with Gasteiger partial charge in [-0.15, -0.1) is 0 Å². The molecule has 0 aliphatic rings. The molecule has 0 amide bonds. The minimum Gasteiger partial charge on any atom is -0.429 e. The highest BCUT2D eigenvalue weighted by molar-refractivity contribution is 7.84. The number of nitrogens with one attached hydrogen (secondary N) is 1. The van der Waals surface area contributed by atoms with E-state index in [1.54, 1.807) is 0 Å². The zero-order valence-electron chi connectivity index (χ0n) is 15.0. The van der Waals surface area contributed by atoms with E-state index in [2.05, 4.69) is 14.7 Å². The molecule has 1 aromatic heterocycles. The van der Waals surface area contributed by atoms with Gasteiger partial charge in [0.2, 0.25) is 0 Å². The van der Waals surface area contributed by atoms with E-state index in [9.17, 15) is 17.4 Å². The Bertz CT molecular complexity index is 1010. The van der Waals surface area contributed by atoms with Crippen LogP contribution in [0.3, 0.4) is 0 Å². The summed E-state index contributed by atoms with van der Waals surface area (Å²) in [5.74, 6) is -0.0643.